The van der Waals surface area contributed by atoms with Gasteiger partial charge in [0, 0.05) is 43.7 Å². The Morgan fingerprint density at radius 1 is 1.10 bits per heavy atom. The highest BCUT2D eigenvalue weighted by molar-refractivity contribution is 7.13. The molecule has 1 aliphatic rings. The number of benzene rings is 2. The number of carbonyl (C=O) groups is 1. The van der Waals surface area contributed by atoms with Gasteiger partial charge in [0.1, 0.15) is 22.3 Å². The lowest BCUT2D eigenvalue weighted by Crippen LogP contribution is -2.49. The van der Waals surface area contributed by atoms with Crippen molar-refractivity contribution in [3.8, 4) is 22.1 Å². The molecule has 0 spiro atoms. The molecule has 3 aromatic rings. The third kappa shape index (κ3) is 5.59. The number of ether oxygens (including phenoxy) is 2. The molecule has 0 N–H and O–H groups in total. The summed E-state index contributed by atoms with van der Waals surface area (Å²) in [5, 5.41) is 3.06. The highest BCUT2D eigenvalue weighted by Gasteiger charge is 2.22. The fourth-order valence-corrected chi connectivity index (χ4v) is 4.23. The zero-order chi connectivity index (χ0) is 21.6. The number of rotatable bonds is 7. The van der Waals surface area contributed by atoms with E-state index in [-0.39, 0.29) is 18.3 Å². The lowest BCUT2D eigenvalue weighted by atomic mass is 10.2. The first-order valence-corrected chi connectivity index (χ1v) is 11.0. The van der Waals surface area contributed by atoms with Crippen molar-refractivity contribution in [2.24, 2.45) is 0 Å². The van der Waals surface area contributed by atoms with Crippen molar-refractivity contribution in [1.29, 1.82) is 0 Å². The summed E-state index contributed by atoms with van der Waals surface area (Å²) in [7, 11) is 1.66. The fraction of sp³-hybridized carbons (Fsp3) is 0.304. The fourth-order valence-electron chi connectivity index (χ4n) is 3.42. The van der Waals surface area contributed by atoms with Crippen LogP contribution in [0.25, 0.3) is 10.6 Å². The summed E-state index contributed by atoms with van der Waals surface area (Å²) in [4.78, 5) is 21.3. The number of amides is 1. The Balaban J connectivity index is 1.25. The number of hydrogen-bond acceptors (Lipinski definition) is 6. The molecule has 0 saturated carbocycles. The molecule has 1 amide bonds. The lowest BCUT2D eigenvalue weighted by molar-refractivity contribution is -0.135. The Morgan fingerprint density at radius 3 is 2.61 bits per heavy atom. The van der Waals surface area contributed by atoms with Crippen molar-refractivity contribution < 1.29 is 18.7 Å². The van der Waals surface area contributed by atoms with Crippen LogP contribution >= 0.6 is 11.3 Å². The molecule has 2 aromatic carbocycles. The number of carbonyl (C=O) groups excluding carboxylic acids is 1. The van der Waals surface area contributed by atoms with Gasteiger partial charge in [0.15, 0.2) is 6.61 Å². The minimum atomic E-state index is -0.328. The van der Waals surface area contributed by atoms with Crippen molar-refractivity contribution in [1.82, 2.24) is 14.8 Å². The first-order chi connectivity index (χ1) is 15.1. The first-order valence-electron chi connectivity index (χ1n) is 10.1. The van der Waals surface area contributed by atoms with Crippen molar-refractivity contribution in [3.63, 3.8) is 0 Å². The van der Waals surface area contributed by atoms with E-state index in [4.69, 9.17) is 14.5 Å². The zero-order valence-corrected chi connectivity index (χ0v) is 18.1. The Morgan fingerprint density at radius 2 is 1.87 bits per heavy atom. The van der Waals surface area contributed by atoms with Crippen molar-refractivity contribution >= 4 is 17.2 Å². The van der Waals surface area contributed by atoms with Crippen LogP contribution < -0.4 is 9.47 Å². The van der Waals surface area contributed by atoms with Gasteiger partial charge in [0.25, 0.3) is 5.91 Å². The average Bonchev–Trinajstić information content (AvgIpc) is 3.27. The molecule has 4 rings (SSSR count). The van der Waals surface area contributed by atoms with E-state index in [2.05, 4.69) is 10.3 Å². The standard InChI is InChI=1S/C23H24FN3O3S/c1-29-21-4-2-3-17(13-21)23-25-19(16-31-23)14-26-9-11-27(12-10-26)22(28)15-30-20-7-5-18(24)6-8-20/h2-8,13,16H,9-12,14-15H2,1H3. The zero-order valence-electron chi connectivity index (χ0n) is 17.3. The first kappa shape index (κ1) is 21.3. The Kier molecular flexibility index (Phi) is 6.79. The molecule has 6 nitrogen and oxygen atoms in total. The van der Waals surface area contributed by atoms with Gasteiger partial charge in [-0.1, -0.05) is 12.1 Å². The van der Waals surface area contributed by atoms with Crippen LogP contribution in [0.1, 0.15) is 5.69 Å². The normalized spacial score (nSPS) is 14.5. The van der Waals surface area contributed by atoms with Gasteiger partial charge in [0.05, 0.1) is 12.8 Å². The number of piperazine rings is 1. The van der Waals surface area contributed by atoms with Crippen LogP contribution in [0.2, 0.25) is 0 Å². The summed E-state index contributed by atoms with van der Waals surface area (Å²) in [5.74, 6) is 0.922. The van der Waals surface area contributed by atoms with Gasteiger partial charge in [0.2, 0.25) is 0 Å². The van der Waals surface area contributed by atoms with Crippen LogP contribution in [0.3, 0.4) is 0 Å². The minimum absolute atomic E-state index is 0.0401. The molecule has 0 aliphatic carbocycles. The second-order valence-electron chi connectivity index (χ2n) is 7.28. The maximum atomic E-state index is 12.9. The van der Waals surface area contributed by atoms with Gasteiger partial charge in [-0.3, -0.25) is 9.69 Å². The maximum Gasteiger partial charge on any atom is 0.260 e. The average molecular weight is 442 g/mol. The second kappa shape index (κ2) is 9.89. The topological polar surface area (TPSA) is 54.9 Å². The lowest BCUT2D eigenvalue weighted by Gasteiger charge is -2.34. The Labute approximate surface area is 184 Å². The summed E-state index contributed by atoms with van der Waals surface area (Å²) in [5.41, 5.74) is 2.08. The summed E-state index contributed by atoms with van der Waals surface area (Å²) in [6, 6.07) is 13.6. The van der Waals surface area contributed by atoms with Gasteiger partial charge < -0.3 is 14.4 Å². The number of methoxy groups -OCH3 is 1. The third-order valence-corrected chi connectivity index (χ3v) is 6.10. The number of hydrogen-bond donors (Lipinski definition) is 0. The van der Waals surface area contributed by atoms with E-state index >= 15 is 0 Å². The molecule has 31 heavy (non-hydrogen) atoms. The van der Waals surface area contributed by atoms with Crippen molar-refractivity contribution in [2.75, 3.05) is 39.9 Å². The molecule has 0 bridgehead atoms. The van der Waals surface area contributed by atoms with Gasteiger partial charge in [-0.15, -0.1) is 11.3 Å². The summed E-state index contributed by atoms with van der Waals surface area (Å²) < 4.78 is 23.7. The van der Waals surface area contributed by atoms with E-state index in [0.717, 1.165) is 41.6 Å². The highest BCUT2D eigenvalue weighted by atomic mass is 32.1. The van der Waals surface area contributed by atoms with E-state index in [1.54, 1.807) is 18.4 Å². The monoisotopic (exact) mass is 441 g/mol. The van der Waals surface area contributed by atoms with Crippen LogP contribution in [0.4, 0.5) is 4.39 Å². The molecule has 1 aliphatic heterocycles. The van der Waals surface area contributed by atoms with E-state index < -0.39 is 0 Å². The van der Waals surface area contributed by atoms with E-state index in [1.165, 1.54) is 24.3 Å². The van der Waals surface area contributed by atoms with Gasteiger partial charge in [-0.2, -0.15) is 0 Å². The summed E-state index contributed by atoms with van der Waals surface area (Å²) in [6.07, 6.45) is 0. The Hall–Kier alpha value is -2.97. The molecular weight excluding hydrogens is 417 g/mol. The van der Waals surface area contributed by atoms with E-state index in [0.29, 0.717) is 18.8 Å². The number of halogens is 1. The minimum Gasteiger partial charge on any atom is -0.497 e. The molecule has 1 saturated heterocycles. The number of aromatic nitrogens is 1. The van der Waals surface area contributed by atoms with Crippen LogP contribution in [0.5, 0.6) is 11.5 Å². The van der Waals surface area contributed by atoms with E-state index in [1.807, 2.05) is 29.2 Å². The van der Waals surface area contributed by atoms with Crippen LogP contribution in [-0.2, 0) is 11.3 Å². The number of thiazole rings is 1. The predicted octanol–water partition coefficient (Wildman–Crippen LogP) is 3.68. The second-order valence-corrected chi connectivity index (χ2v) is 8.13. The molecule has 0 atom stereocenters. The number of nitrogens with zero attached hydrogens (tertiary/aromatic N) is 3. The highest BCUT2D eigenvalue weighted by Crippen LogP contribution is 2.27. The molecule has 0 radical (unpaired) electrons. The smallest absolute Gasteiger partial charge is 0.260 e. The predicted molar refractivity (Wildman–Crippen MR) is 118 cm³/mol. The molecule has 2 heterocycles. The molecular formula is C23H24FN3O3S. The quantitative estimate of drug-likeness (QED) is 0.560. The van der Waals surface area contributed by atoms with Gasteiger partial charge in [-0.05, 0) is 36.4 Å². The molecule has 162 valence electrons. The van der Waals surface area contributed by atoms with Crippen molar-refractivity contribution in [2.45, 2.75) is 6.54 Å². The SMILES string of the molecule is COc1cccc(-c2nc(CN3CCN(C(=O)COc4ccc(F)cc4)CC3)cs2)c1. The summed E-state index contributed by atoms with van der Waals surface area (Å²) in [6.45, 7) is 3.59. The molecule has 0 unspecified atom stereocenters. The van der Waals surface area contributed by atoms with Gasteiger partial charge >= 0.3 is 0 Å². The molecule has 1 aromatic heterocycles. The van der Waals surface area contributed by atoms with E-state index in [9.17, 15) is 9.18 Å². The van der Waals surface area contributed by atoms with Crippen molar-refractivity contribution in [3.05, 3.63) is 65.4 Å². The van der Waals surface area contributed by atoms with Crippen LogP contribution in [0.15, 0.2) is 53.9 Å². The molecule has 8 heteroatoms. The Bertz CT molecular complexity index is 1020. The van der Waals surface area contributed by atoms with Crippen LogP contribution in [0, 0.1) is 5.82 Å². The summed E-state index contributed by atoms with van der Waals surface area (Å²) >= 11 is 1.62. The molecule has 1 fully saturated rings. The van der Waals surface area contributed by atoms with Gasteiger partial charge in [-0.25, -0.2) is 9.37 Å². The maximum absolute atomic E-state index is 12.9. The largest absolute Gasteiger partial charge is 0.497 e. The third-order valence-electron chi connectivity index (χ3n) is 5.15. The van der Waals surface area contributed by atoms with Crippen LogP contribution in [-0.4, -0.2) is 60.6 Å².